The molecule has 1 aromatic carbocycles. The van der Waals surface area contributed by atoms with Crippen LogP contribution in [0.5, 0.6) is 5.75 Å². The lowest BCUT2D eigenvalue weighted by atomic mass is 9.81. The molecule has 1 aliphatic heterocycles. The fourth-order valence-corrected chi connectivity index (χ4v) is 2.60. The van der Waals surface area contributed by atoms with E-state index in [-0.39, 0.29) is 6.61 Å². The molecule has 2 rings (SSSR count). The quantitative estimate of drug-likeness (QED) is 0.901. The Morgan fingerprint density at radius 2 is 2.26 bits per heavy atom. The van der Waals surface area contributed by atoms with Crippen molar-refractivity contribution in [2.75, 3.05) is 6.61 Å². The number of aliphatic carboxylic acids is 1. The predicted molar refractivity (Wildman–Crippen MR) is 74.7 cm³/mol. The Morgan fingerprint density at radius 1 is 1.53 bits per heavy atom. The molecule has 3 nitrogen and oxygen atoms in total. The standard InChI is InChI=1S/C16H22O3/c1-4-5-11(2)12-6-7-13-9-16(3,15(17)18)10-19-14(13)8-12/h6-8,11H,4-5,9-10H2,1-3H3,(H,17,18). The van der Waals surface area contributed by atoms with E-state index >= 15 is 0 Å². The van der Waals surface area contributed by atoms with Crippen molar-refractivity contribution in [1.82, 2.24) is 0 Å². The molecular weight excluding hydrogens is 240 g/mol. The van der Waals surface area contributed by atoms with Crippen LogP contribution in [0.3, 0.4) is 0 Å². The Morgan fingerprint density at radius 3 is 2.89 bits per heavy atom. The van der Waals surface area contributed by atoms with Gasteiger partial charge in [0.05, 0.1) is 0 Å². The highest BCUT2D eigenvalue weighted by atomic mass is 16.5. The third kappa shape index (κ3) is 2.75. The van der Waals surface area contributed by atoms with Crippen LogP contribution >= 0.6 is 0 Å². The Balaban J connectivity index is 2.23. The van der Waals surface area contributed by atoms with E-state index in [2.05, 4.69) is 26.0 Å². The molecule has 0 bridgehead atoms. The van der Waals surface area contributed by atoms with E-state index in [0.717, 1.165) is 24.2 Å². The van der Waals surface area contributed by atoms with Crippen LogP contribution in [-0.4, -0.2) is 17.7 Å². The van der Waals surface area contributed by atoms with Gasteiger partial charge in [0, 0.05) is 0 Å². The summed E-state index contributed by atoms with van der Waals surface area (Å²) in [6.07, 6.45) is 2.86. The summed E-state index contributed by atoms with van der Waals surface area (Å²) in [5.41, 5.74) is 1.48. The molecule has 2 atom stereocenters. The lowest BCUT2D eigenvalue weighted by molar-refractivity contribution is -0.150. The third-order valence-electron chi connectivity index (χ3n) is 4.03. The minimum Gasteiger partial charge on any atom is -0.492 e. The average Bonchev–Trinajstić information content (AvgIpc) is 2.38. The molecule has 1 N–H and O–H groups in total. The van der Waals surface area contributed by atoms with Crippen LogP contribution in [0.2, 0.25) is 0 Å². The van der Waals surface area contributed by atoms with Gasteiger partial charge < -0.3 is 9.84 Å². The number of hydrogen-bond acceptors (Lipinski definition) is 2. The van der Waals surface area contributed by atoms with Gasteiger partial charge in [-0.25, -0.2) is 0 Å². The second kappa shape index (κ2) is 5.24. The van der Waals surface area contributed by atoms with Crippen molar-refractivity contribution in [2.24, 2.45) is 5.41 Å². The van der Waals surface area contributed by atoms with Crippen LogP contribution in [0.1, 0.15) is 50.7 Å². The third-order valence-corrected chi connectivity index (χ3v) is 4.03. The molecule has 0 spiro atoms. The van der Waals surface area contributed by atoms with Crippen molar-refractivity contribution in [2.45, 2.75) is 46.0 Å². The molecule has 0 saturated carbocycles. The van der Waals surface area contributed by atoms with Crippen molar-refractivity contribution in [3.8, 4) is 5.75 Å². The molecule has 19 heavy (non-hydrogen) atoms. The maximum Gasteiger partial charge on any atom is 0.313 e. The average molecular weight is 262 g/mol. The SMILES string of the molecule is CCCC(C)c1ccc2c(c1)OCC(C)(C(=O)O)C2. The molecule has 1 aliphatic rings. The topological polar surface area (TPSA) is 46.5 Å². The van der Waals surface area contributed by atoms with E-state index in [4.69, 9.17) is 4.74 Å². The highest BCUT2D eigenvalue weighted by Gasteiger charge is 2.38. The van der Waals surface area contributed by atoms with Crippen LogP contribution in [0.4, 0.5) is 0 Å². The Labute approximate surface area is 114 Å². The van der Waals surface area contributed by atoms with Crippen molar-refractivity contribution in [3.05, 3.63) is 29.3 Å². The Hall–Kier alpha value is -1.51. The first-order valence-electron chi connectivity index (χ1n) is 6.95. The van der Waals surface area contributed by atoms with Gasteiger partial charge in [0.1, 0.15) is 17.8 Å². The van der Waals surface area contributed by atoms with E-state index < -0.39 is 11.4 Å². The zero-order chi connectivity index (χ0) is 14.0. The van der Waals surface area contributed by atoms with Crippen molar-refractivity contribution in [3.63, 3.8) is 0 Å². The highest BCUT2D eigenvalue weighted by Crippen LogP contribution is 2.36. The van der Waals surface area contributed by atoms with Crippen LogP contribution in [-0.2, 0) is 11.2 Å². The molecule has 0 saturated heterocycles. The van der Waals surface area contributed by atoms with Gasteiger partial charge in [-0.1, -0.05) is 32.4 Å². The summed E-state index contributed by atoms with van der Waals surface area (Å²) in [7, 11) is 0. The lowest BCUT2D eigenvalue weighted by Crippen LogP contribution is -2.39. The highest BCUT2D eigenvalue weighted by molar-refractivity contribution is 5.75. The number of rotatable bonds is 4. The molecule has 104 valence electrons. The molecule has 0 aliphatic carbocycles. The van der Waals surface area contributed by atoms with Crippen LogP contribution < -0.4 is 4.74 Å². The molecule has 3 heteroatoms. The molecular formula is C16H22O3. The van der Waals surface area contributed by atoms with E-state index in [1.54, 1.807) is 6.92 Å². The number of benzene rings is 1. The van der Waals surface area contributed by atoms with Gasteiger partial charge >= 0.3 is 5.97 Å². The monoisotopic (exact) mass is 262 g/mol. The number of carbonyl (C=O) groups is 1. The normalized spacial score (nSPS) is 23.3. The van der Waals surface area contributed by atoms with Gasteiger partial charge in [-0.3, -0.25) is 4.79 Å². The zero-order valence-electron chi connectivity index (χ0n) is 11.9. The summed E-state index contributed by atoms with van der Waals surface area (Å²) in [6, 6.07) is 6.21. The first-order chi connectivity index (χ1) is 8.96. The van der Waals surface area contributed by atoms with E-state index in [0.29, 0.717) is 12.3 Å². The van der Waals surface area contributed by atoms with Gasteiger partial charge in [-0.05, 0) is 42.9 Å². The molecule has 0 amide bonds. The molecule has 1 aromatic rings. The van der Waals surface area contributed by atoms with Gasteiger partial charge in [0.2, 0.25) is 0 Å². The van der Waals surface area contributed by atoms with Crippen LogP contribution in [0.15, 0.2) is 18.2 Å². The van der Waals surface area contributed by atoms with Gasteiger partial charge in [-0.15, -0.1) is 0 Å². The second-order valence-corrected chi connectivity index (χ2v) is 5.89. The first kappa shape index (κ1) is 13.9. The Kier molecular flexibility index (Phi) is 3.83. The number of hydrogen-bond donors (Lipinski definition) is 1. The van der Waals surface area contributed by atoms with Crippen molar-refractivity contribution >= 4 is 5.97 Å². The van der Waals surface area contributed by atoms with E-state index in [1.165, 1.54) is 5.56 Å². The maximum absolute atomic E-state index is 11.3. The predicted octanol–water partition coefficient (Wildman–Crippen LogP) is 3.62. The van der Waals surface area contributed by atoms with E-state index in [9.17, 15) is 9.90 Å². The second-order valence-electron chi connectivity index (χ2n) is 5.89. The smallest absolute Gasteiger partial charge is 0.313 e. The van der Waals surface area contributed by atoms with Crippen molar-refractivity contribution in [1.29, 1.82) is 0 Å². The molecule has 0 fully saturated rings. The number of carboxylic acids is 1. The van der Waals surface area contributed by atoms with Crippen LogP contribution in [0, 0.1) is 5.41 Å². The maximum atomic E-state index is 11.3. The summed E-state index contributed by atoms with van der Waals surface area (Å²) < 4.78 is 5.69. The number of ether oxygens (including phenoxy) is 1. The van der Waals surface area contributed by atoms with Gasteiger partial charge in [-0.2, -0.15) is 0 Å². The molecule has 0 radical (unpaired) electrons. The largest absolute Gasteiger partial charge is 0.492 e. The summed E-state index contributed by atoms with van der Waals surface area (Å²) in [4.78, 5) is 11.3. The van der Waals surface area contributed by atoms with Crippen LogP contribution in [0.25, 0.3) is 0 Å². The molecule has 0 aromatic heterocycles. The first-order valence-corrected chi connectivity index (χ1v) is 6.95. The summed E-state index contributed by atoms with van der Waals surface area (Å²) in [5, 5.41) is 9.26. The minimum atomic E-state index is -0.802. The summed E-state index contributed by atoms with van der Waals surface area (Å²) >= 11 is 0. The Bertz CT molecular complexity index is 481. The lowest BCUT2D eigenvalue weighted by Gasteiger charge is -2.31. The van der Waals surface area contributed by atoms with Gasteiger partial charge in [0.15, 0.2) is 0 Å². The molecule has 2 unspecified atom stereocenters. The fourth-order valence-electron chi connectivity index (χ4n) is 2.60. The summed E-state index contributed by atoms with van der Waals surface area (Å²) in [6.45, 7) is 6.39. The van der Waals surface area contributed by atoms with Gasteiger partial charge in [0.25, 0.3) is 0 Å². The minimum absolute atomic E-state index is 0.251. The van der Waals surface area contributed by atoms with Crippen molar-refractivity contribution < 1.29 is 14.6 Å². The van der Waals surface area contributed by atoms with E-state index in [1.807, 2.05) is 6.07 Å². The molecule has 1 heterocycles. The number of carboxylic acid groups (broad SMARTS) is 1. The summed E-state index contributed by atoms with van der Waals surface area (Å²) in [5.74, 6) is 0.590. The zero-order valence-corrected chi connectivity index (χ0v) is 11.9. The number of fused-ring (bicyclic) bond motifs is 1. The fraction of sp³-hybridized carbons (Fsp3) is 0.562.